The maximum Gasteiger partial charge on any atom is 0.111 e. The molecule has 0 amide bonds. The Bertz CT molecular complexity index is 286. The van der Waals surface area contributed by atoms with Crippen LogP contribution in [0.1, 0.15) is 6.92 Å². The van der Waals surface area contributed by atoms with Gasteiger partial charge in [-0.1, -0.05) is 15.9 Å². The van der Waals surface area contributed by atoms with E-state index in [1.54, 1.807) is 0 Å². The zero-order valence-corrected chi connectivity index (χ0v) is 8.30. The molecule has 0 aliphatic carbocycles. The highest BCUT2D eigenvalue weighted by Crippen LogP contribution is 2.14. The van der Waals surface area contributed by atoms with Crippen LogP contribution in [0.25, 0.3) is 0 Å². The molecule has 0 fully saturated rings. The van der Waals surface area contributed by atoms with E-state index in [0.29, 0.717) is 0 Å². The summed E-state index contributed by atoms with van der Waals surface area (Å²) in [5, 5.41) is 11.6. The van der Waals surface area contributed by atoms with E-state index in [-0.39, 0.29) is 6.04 Å². The maximum absolute atomic E-state index is 8.53. The van der Waals surface area contributed by atoms with Gasteiger partial charge in [-0.15, -0.1) is 0 Å². The lowest BCUT2D eigenvalue weighted by molar-refractivity contribution is 1.01. The number of anilines is 1. The first kappa shape index (κ1) is 9.08. The van der Waals surface area contributed by atoms with Gasteiger partial charge in [0.1, 0.15) is 6.04 Å². The molecule has 0 spiro atoms. The van der Waals surface area contributed by atoms with E-state index in [2.05, 4.69) is 27.3 Å². The fourth-order valence-corrected chi connectivity index (χ4v) is 1.09. The summed E-state index contributed by atoms with van der Waals surface area (Å²) in [4.78, 5) is 0. The third kappa shape index (κ3) is 2.55. The van der Waals surface area contributed by atoms with Crippen molar-refractivity contribution in [1.82, 2.24) is 0 Å². The van der Waals surface area contributed by atoms with Crippen molar-refractivity contribution in [1.29, 1.82) is 5.26 Å². The minimum absolute atomic E-state index is 0.147. The molecule has 1 aromatic rings. The van der Waals surface area contributed by atoms with E-state index in [9.17, 15) is 0 Å². The lowest BCUT2D eigenvalue weighted by Crippen LogP contribution is -2.11. The average molecular weight is 225 g/mol. The Morgan fingerprint density at radius 1 is 1.42 bits per heavy atom. The van der Waals surface area contributed by atoms with Gasteiger partial charge in [0, 0.05) is 10.2 Å². The fourth-order valence-electron chi connectivity index (χ4n) is 0.828. The monoisotopic (exact) mass is 224 g/mol. The predicted octanol–water partition coefficient (Wildman–Crippen LogP) is 2.77. The Kier molecular flexibility index (Phi) is 3.12. The number of nitrogens with one attached hydrogen (secondary N) is 1. The Hall–Kier alpha value is -1.01. The van der Waals surface area contributed by atoms with Gasteiger partial charge in [0.2, 0.25) is 0 Å². The van der Waals surface area contributed by atoms with E-state index >= 15 is 0 Å². The number of hydrogen-bond donors (Lipinski definition) is 1. The number of rotatable bonds is 2. The summed E-state index contributed by atoms with van der Waals surface area (Å²) < 4.78 is 1.04. The zero-order chi connectivity index (χ0) is 8.97. The quantitative estimate of drug-likeness (QED) is 0.839. The third-order valence-electron chi connectivity index (χ3n) is 1.42. The molecule has 3 heteroatoms. The molecule has 0 aliphatic rings. The molecule has 12 heavy (non-hydrogen) atoms. The summed E-state index contributed by atoms with van der Waals surface area (Å²) in [5.74, 6) is 0. The molecule has 0 saturated carbocycles. The summed E-state index contributed by atoms with van der Waals surface area (Å²) in [5.41, 5.74) is 0.965. The van der Waals surface area contributed by atoms with E-state index in [1.807, 2.05) is 31.2 Å². The van der Waals surface area contributed by atoms with Gasteiger partial charge < -0.3 is 5.32 Å². The van der Waals surface area contributed by atoms with Gasteiger partial charge >= 0.3 is 0 Å². The van der Waals surface area contributed by atoms with E-state index < -0.39 is 0 Å². The van der Waals surface area contributed by atoms with Crippen LogP contribution in [0.5, 0.6) is 0 Å². The van der Waals surface area contributed by atoms with Crippen molar-refractivity contribution in [3.05, 3.63) is 28.7 Å². The van der Waals surface area contributed by atoms with Gasteiger partial charge in [-0.3, -0.25) is 0 Å². The van der Waals surface area contributed by atoms with Gasteiger partial charge in [0.25, 0.3) is 0 Å². The largest absolute Gasteiger partial charge is 0.370 e. The average Bonchev–Trinajstić information content (AvgIpc) is 2.09. The van der Waals surface area contributed by atoms with Crippen molar-refractivity contribution >= 4 is 21.6 Å². The zero-order valence-electron chi connectivity index (χ0n) is 6.71. The van der Waals surface area contributed by atoms with Crippen LogP contribution in [0.4, 0.5) is 5.69 Å². The second-order valence-corrected chi connectivity index (χ2v) is 3.42. The minimum Gasteiger partial charge on any atom is -0.370 e. The number of hydrogen-bond acceptors (Lipinski definition) is 2. The third-order valence-corrected chi connectivity index (χ3v) is 1.95. The van der Waals surface area contributed by atoms with Crippen LogP contribution in [-0.2, 0) is 0 Å². The molecule has 0 heterocycles. The van der Waals surface area contributed by atoms with Crippen LogP contribution in [0.2, 0.25) is 0 Å². The molecule has 62 valence electrons. The lowest BCUT2D eigenvalue weighted by Gasteiger charge is -2.06. The highest BCUT2D eigenvalue weighted by Gasteiger charge is 1.97. The molecular weight excluding hydrogens is 216 g/mol. The summed E-state index contributed by atoms with van der Waals surface area (Å²) in [6, 6.07) is 9.69. The molecule has 1 N–H and O–H groups in total. The van der Waals surface area contributed by atoms with Gasteiger partial charge in [-0.05, 0) is 31.2 Å². The molecule has 1 aromatic carbocycles. The predicted molar refractivity (Wildman–Crippen MR) is 52.8 cm³/mol. The molecule has 1 atom stereocenters. The maximum atomic E-state index is 8.53. The van der Waals surface area contributed by atoms with Crippen molar-refractivity contribution in [2.24, 2.45) is 0 Å². The van der Waals surface area contributed by atoms with Crippen molar-refractivity contribution in [2.45, 2.75) is 13.0 Å². The SMILES string of the molecule is CC(C#N)Nc1ccc(Br)cc1. The summed E-state index contributed by atoms with van der Waals surface area (Å²) in [6.07, 6.45) is 0. The van der Waals surface area contributed by atoms with Gasteiger partial charge in [0.15, 0.2) is 0 Å². The van der Waals surface area contributed by atoms with Crippen molar-refractivity contribution in [3.63, 3.8) is 0 Å². The second-order valence-electron chi connectivity index (χ2n) is 2.50. The Morgan fingerprint density at radius 3 is 2.50 bits per heavy atom. The summed E-state index contributed by atoms with van der Waals surface area (Å²) in [6.45, 7) is 1.82. The summed E-state index contributed by atoms with van der Waals surface area (Å²) in [7, 11) is 0. The molecule has 0 aliphatic heterocycles. The fraction of sp³-hybridized carbons (Fsp3) is 0.222. The Labute approximate surface area is 80.3 Å². The number of halogens is 1. The highest BCUT2D eigenvalue weighted by molar-refractivity contribution is 9.10. The molecular formula is C9H9BrN2. The van der Waals surface area contributed by atoms with E-state index in [1.165, 1.54) is 0 Å². The van der Waals surface area contributed by atoms with Crippen LogP contribution < -0.4 is 5.32 Å². The van der Waals surface area contributed by atoms with Crippen LogP contribution in [0.15, 0.2) is 28.7 Å². The first-order chi connectivity index (χ1) is 5.72. The first-order valence-electron chi connectivity index (χ1n) is 3.64. The van der Waals surface area contributed by atoms with Crippen LogP contribution in [0, 0.1) is 11.3 Å². The smallest absolute Gasteiger partial charge is 0.111 e. The van der Waals surface area contributed by atoms with Crippen molar-refractivity contribution < 1.29 is 0 Å². The molecule has 1 rings (SSSR count). The molecule has 0 aromatic heterocycles. The molecule has 1 unspecified atom stereocenters. The standard InChI is InChI=1S/C9H9BrN2/c1-7(6-11)12-9-4-2-8(10)3-5-9/h2-5,7,12H,1H3. The Balaban J connectivity index is 2.66. The van der Waals surface area contributed by atoms with Crippen LogP contribution >= 0.6 is 15.9 Å². The molecule has 0 saturated heterocycles. The molecule has 0 radical (unpaired) electrons. The van der Waals surface area contributed by atoms with E-state index in [0.717, 1.165) is 10.2 Å². The van der Waals surface area contributed by atoms with Gasteiger partial charge in [-0.25, -0.2) is 0 Å². The second kappa shape index (κ2) is 4.13. The first-order valence-corrected chi connectivity index (χ1v) is 4.43. The van der Waals surface area contributed by atoms with Gasteiger partial charge in [0.05, 0.1) is 6.07 Å². The normalized spacial score (nSPS) is 11.8. The van der Waals surface area contributed by atoms with E-state index in [4.69, 9.17) is 5.26 Å². The number of nitrogens with zero attached hydrogens (tertiary/aromatic N) is 1. The molecule has 0 bridgehead atoms. The lowest BCUT2D eigenvalue weighted by atomic mass is 10.3. The number of nitriles is 1. The highest BCUT2D eigenvalue weighted by atomic mass is 79.9. The van der Waals surface area contributed by atoms with Crippen molar-refractivity contribution in [3.8, 4) is 6.07 Å². The summed E-state index contributed by atoms with van der Waals surface area (Å²) >= 11 is 3.34. The minimum atomic E-state index is -0.147. The number of benzene rings is 1. The Morgan fingerprint density at radius 2 is 2.00 bits per heavy atom. The van der Waals surface area contributed by atoms with Gasteiger partial charge in [-0.2, -0.15) is 5.26 Å². The van der Waals surface area contributed by atoms with Crippen molar-refractivity contribution in [2.75, 3.05) is 5.32 Å². The van der Waals surface area contributed by atoms with Crippen LogP contribution in [-0.4, -0.2) is 6.04 Å². The topological polar surface area (TPSA) is 35.8 Å². The molecule has 2 nitrogen and oxygen atoms in total. The van der Waals surface area contributed by atoms with Crippen LogP contribution in [0.3, 0.4) is 0 Å².